The van der Waals surface area contributed by atoms with E-state index in [1.165, 1.54) is 25.5 Å². The van der Waals surface area contributed by atoms with Gasteiger partial charge in [-0.25, -0.2) is 0 Å². The molecule has 4 atom stereocenters. The average Bonchev–Trinajstić information content (AvgIpc) is 2.58. The Kier molecular flexibility index (Phi) is 2.01. The zero-order valence-corrected chi connectivity index (χ0v) is 8.92. The van der Waals surface area contributed by atoms with Crippen molar-refractivity contribution in [3.05, 3.63) is 0 Å². The summed E-state index contributed by atoms with van der Waals surface area (Å²) in [5.41, 5.74) is 0.290. The normalized spacial score (nSPS) is 46.7. The number of rotatable bonds is 2. The molecule has 13 heavy (non-hydrogen) atoms. The van der Waals surface area contributed by atoms with Crippen LogP contribution in [0.3, 0.4) is 0 Å². The van der Waals surface area contributed by atoms with Crippen LogP contribution in [0.25, 0.3) is 0 Å². The van der Waals surface area contributed by atoms with Crippen LogP contribution in [-0.4, -0.2) is 6.29 Å². The highest BCUT2D eigenvalue weighted by Gasteiger charge is 2.56. The van der Waals surface area contributed by atoms with Crippen LogP contribution in [0.5, 0.6) is 0 Å². The van der Waals surface area contributed by atoms with Crippen LogP contribution in [0.15, 0.2) is 0 Å². The van der Waals surface area contributed by atoms with Crippen molar-refractivity contribution >= 4 is 6.29 Å². The van der Waals surface area contributed by atoms with Crippen LogP contribution in [-0.2, 0) is 4.79 Å². The van der Waals surface area contributed by atoms with E-state index in [0.29, 0.717) is 11.8 Å². The van der Waals surface area contributed by atoms with E-state index >= 15 is 0 Å². The van der Waals surface area contributed by atoms with Gasteiger partial charge in [-0.05, 0) is 36.0 Å². The van der Waals surface area contributed by atoms with E-state index in [1.54, 1.807) is 0 Å². The fourth-order valence-corrected chi connectivity index (χ4v) is 3.77. The minimum Gasteiger partial charge on any atom is -0.303 e. The first-order valence-corrected chi connectivity index (χ1v) is 5.56. The van der Waals surface area contributed by atoms with Gasteiger partial charge in [0.2, 0.25) is 0 Å². The summed E-state index contributed by atoms with van der Waals surface area (Å²) < 4.78 is 0. The first-order chi connectivity index (χ1) is 6.11. The van der Waals surface area contributed by atoms with Gasteiger partial charge in [0.15, 0.2) is 0 Å². The molecule has 2 aliphatic rings. The Labute approximate surface area is 80.9 Å². The molecule has 2 fully saturated rings. The number of hydrogen-bond donors (Lipinski definition) is 0. The van der Waals surface area contributed by atoms with Crippen LogP contribution in [0, 0.1) is 29.1 Å². The van der Waals surface area contributed by atoms with Crippen molar-refractivity contribution in [2.45, 2.75) is 40.0 Å². The molecule has 0 aromatic heterocycles. The predicted octanol–water partition coefficient (Wildman–Crippen LogP) is 2.89. The Morgan fingerprint density at radius 2 is 2.08 bits per heavy atom. The maximum absolute atomic E-state index is 11.1. The van der Waals surface area contributed by atoms with E-state index in [4.69, 9.17) is 0 Å². The van der Waals surface area contributed by atoms with Gasteiger partial charge in [0, 0.05) is 5.92 Å². The first-order valence-electron chi connectivity index (χ1n) is 5.56. The maximum Gasteiger partial charge on any atom is 0.123 e. The molecule has 2 bridgehead atoms. The molecule has 4 unspecified atom stereocenters. The van der Waals surface area contributed by atoms with Gasteiger partial charge in [0.05, 0.1) is 0 Å². The summed E-state index contributed by atoms with van der Waals surface area (Å²) >= 11 is 0. The molecule has 2 aliphatic carbocycles. The molecule has 2 rings (SSSR count). The van der Waals surface area contributed by atoms with Gasteiger partial charge in [0.1, 0.15) is 6.29 Å². The number of hydrogen-bond acceptors (Lipinski definition) is 1. The lowest BCUT2D eigenvalue weighted by Gasteiger charge is -2.38. The Hall–Kier alpha value is -0.330. The Morgan fingerprint density at radius 1 is 1.38 bits per heavy atom. The van der Waals surface area contributed by atoms with E-state index in [2.05, 4.69) is 20.8 Å². The van der Waals surface area contributed by atoms with Gasteiger partial charge in [-0.2, -0.15) is 0 Å². The van der Waals surface area contributed by atoms with Crippen molar-refractivity contribution in [3.63, 3.8) is 0 Å². The molecule has 1 heteroatoms. The molecule has 0 heterocycles. The predicted molar refractivity (Wildman–Crippen MR) is 53.3 cm³/mol. The minimum absolute atomic E-state index is 0.290. The number of aldehydes is 1. The van der Waals surface area contributed by atoms with Crippen molar-refractivity contribution in [1.82, 2.24) is 0 Å². The lowest BCUT2D eigenvalue weighted by molar-refractivity contribution is -0.117. The summed E-state index contributed by atoms with van der Waals surface area (Å²) in [4.78, 5) is 11.1. The first kappa shape index (κ1) is 9.23. The van der Waals surface area contributed by atoms with Crippen molar-refractivity contribution < 1.29 is 4.79 Å². The van der Waals surface area contributed by atoms with Crippen LogP contribution in [0.4, 0.5) is 0 Å². The van der Waals surface area contributed by atoms with Gasteiger partial charge >= 0.3 is 0 Å². The summed E-state index contributed by atoms with van der Waals surface area (Å²) in [6, 6.07) is 0. The van der Waals surface area contributed by atoms with Crippen molar-refractivity contribution in [1.29, 1.82) is 0 Å². The van der Waals surface area contributed by atoms with E-state index < -0.39 is 0 Å². The summed E-state index contributed by atoms with van der Waals surface area (Å²) in [7, 11) is 0. The molecule has 74 valence electrons. The molecule has 0 aliphatic heterocycles. The third-order valence-corrected chi connectivity index (χ3v) is 4.79. The molecule has 0 amide bonds. The molecule has 0 aromatic carbocycles. The van der Waals surface area contributed by atoms with E-state index in [0.717, 1.165) is 11.8 Å². The van der Waals surface area contributed by atoms with Crippen molar-refractivity contribution in [2.75, 3.05) is 0 Å². The molecule has 1 nitrogen and oxygen atoms in total. The molecule has 0 aromatic rings. The zero-order valence-electron chi connectivity index (χ0n) is 8.92. The third kappa shape index (κ3) is 1.09. The SMILES string of the molecule is CCC1CC2CC1C(C=O)C2(C)C. The van der Waals surface area contributed by atoms with Crippen molar-refractivity contribution in [3.8, 4) is 0 Å². The Morgan fingerprint density at radius 3 is 2.54 bits per heavy atom. The van der Waals surface area contributed by atoms with Gasteiger partial charge in [-0.15, -0.1) is 0 Å². The second-order valence-corrected chi connectivity index (χ2v) is 5.48. The van der Waals surface area contributed by atoms with Gasteiger partial charge in [0.25, 0.3) is 0 Å². The average molecular weight is 180 g/mol. The maximum atomic E-state index is 11.1. The topological polar surface area (TPSA) is 17.1 Å². The lowest BCUT2D eigenvalue weighted by Crippen LogP contribution is -2.35. The second-order valence-electron chi connectivity index (χ2n) is 5.48. The fraction of sp³-hybridized carbons (Fsp3) is 0.917. The quantitative estimate of drug-likeness (QED) is 0.597. The van der Waals surface area contributed by atoms with Crippen LogP contribution >= 0.6 is 0 Å². The second kappa shape index (κ2) is 2.83. The standard InChI is InChI=1S/C12H20O/c1-4-8-5-9-6-10(8)11(7-13)12(9,2)3/h7-11H,4-6H2,1-3H3. The van der Waals surface area contributed by atoms with Gasteiger partial charge in [-0.3, -0.25) is 0 Å². The van der Waals surface area contributed by atoms with Crippen molar-refractivity contribution in [2.24, 2.45) is 29.1 Å². The van der Waals surface area contributed by atoms with E-state index in [1.807, 2.05) is 0 Å². The summed E-state index contributed by atoms with van der Waals surface area (Å²) in [6.45, 7) is 6.82. The number of fused-ring (bicyclic) bond motifs is 2. The Balaban J connectivity index is 2.23. The van der Waals surface area contributed by atoms with Crippen LogP contribution in [0.1, 0.15) is 40.0 Å². The zero-order chi connectivity index (χ0) is 9.64. The highest BCUT2D eigenvalue weighted by molar-refractivity contribution is 5.57. The summed E-state index contributed by atoms with van der Waals surface area (Å²) in [5.74, 6) is 2.71. The van der Waals surface area contributed by atoms with E-state index in [-0.39, 0.29) is 5.41 Å². The molecule has 0 N–H and O–H groups in total. The van der Waals surface area contributed by atoms with Crippen LogP contribution in [0.2, 0.25) is 0 Å². The number of carbonyl (C=O) groups is 1. The summed E-state index contributed by atoms with van der Waals surface area (Å²) in [5, 5.41) is 0. The van der Waals surface area contributed by atoms with Gasteiger partial charge in [-0.1, -0.05) is 27.2 Å². The summed E-state index contributed by atoms with van der Waals surface area (Å²) in [6.07, 6.45) is 5.18. The molecule has 2 saturated carbocycles. The van der Waals surface area contributed by atoms with Gasteiger partial charge < -0.3 is 4.79 Å². The Bertz CT molecular complexity index is 219. The third-order valence-electron chi connectivity index (χ3n) is 4.79. The smallest absolute Gasteiger partial charge is 0.123 e. The molecule has 0 spiro atoms. The monoisotopic (exact) mass is 180 g/mol. The molecular weight excluding hydrogens is 160 g/mol. The largest absolute Gasteiger partial charge is 0.303 e. The highest BCUT2D eigenvalue weighted by atomic mass is 16.1. The van der Waals surface area contributed by atoms with Crippen LogP contribution < -0.4 is 0 Å². The number of carbonyl (C=O) groups excluding carboxylic acids is 1. The minimum atomic E-state index is 0.290. The molecule has 0 radical (unpaired) electrons. The fourth-order valence-electron chi connectivity index (χ4n) is 3.77. The lowest BCUT2D eigenvalue weighted by atomic mass is 9.65. The molecule has 0 saturated heterocycles. The molecular formula is C12H20O. The van der Waals surface area contributed by atoms with E-state index in [9.17, 15) is 4.79 Å². The highest BCUT2D eigenvalue weighted by Crippen LogP contribution is 2.61.